The molecule has 146 valence electrons. The molecule has 2 aliphatic heterocycles. The Morgan fingerprint density at radius 2 is 1.48 bits per heavy atom. The summed E-state index contributed by atoms with van der Waals surface area (Å²) in [5, 5.41) is 0. The first-order valence-corrected chi connectivity index (χ1v) is 9.12. The van der Waals surface area contributed by atoms with E-state index in [9.17, 15) is 0 Å². The minimum atomic E-state index is 0.105. The lowest BCUT2D eigenvalue weighted by Crippen LogP contribution is -2.34. The van der Waals surface area contributed by atoms with Crippen LogP contribution < -0.4 is 30.4 Å². The van der Waals surface area contributed by atoms with E-state index in [2.05, 4.69) is 6.92 Å². The number of hydrogen-bond acceptors (Lipinski definition) is 6. The highest BCUT2D eigenvalue weighted by atomic mass is 16.5. The van der Waals surface area contributed by atoms with E-state index >= 15 is 0 Å². The molecule has 6 nitrogen and oxygen atoms in total. The van der Waals surface area contributed by atoms with E-state index < -0.39 is 0 Å². The molecular formula is C21H28N2O4. The second-order valence-electron chi connectivity index (χ2n) is 6.89. The Morgan fingerprint density at radius 1 is 0.852 bits per heavy atom. The number of hydrogen-bond donors (Lipinski definition) is 2. The summed E-state index contributed by atoms with van der Waals surface area (Å²) in [7, 11) is 3.30. The summed E-state index contributed by atoms with van der Waals surface area (Å²) >= 11 is 0. The number of benzene rings is 2. The standard InChI is InChI=1S/C11H15NO2.C10H13NO2/c1-7-3-4-10(13-2)11-9(7)5-8(12)6-14-11;1-12-9-4-2-3-7-5-8(11)6-13-10(7)9/h3-4,8H,5-6,12H2,1-2H3;2-4,8H,5-6,11H2,1H3. The van der Waals surface area contributed by atoms with Crippen LogP contribution in [0.25, 0.3) is 0 Å². The van der Waals surface area contributed by atoms with E-state index in [0.717, 1.165) is 41.4 Å². The largest absolute Gasteiger partial charge is 0.493 e. The second-order valence-corrected chi connectivity index (χ2v) is 6.89. The van der Waals surface area contributed by atoms with Crippen LogP contribution in [-0.2, 0) is 12.8 Å². The third-order valence-corrected chi connectivity index (χ3v) is 4.79. The third-order valence-electron chi connectivity index (χ3n) is 4.79. The van der Waals surface area contributed by atoms with Crippen molar-refractivity contribution < 1.29 is 18.9 Å². The summed E-state index contributed by atoms with van der Waals surface area (Å²) in [4.78, 5) is 0. The molecule has 2 aromatic rings. The van der Waals surface area contributed by atoms with Crippen LogP contribution in [0.1, 0.15) is 16.7 Å². The SMILES string of the molecule is COc1ccc(C)c2c1OCC(N)C2.COc1cccc2c1OCC(N)C2. The molecule has 2 aliphatic rings. The van der Waals surface area contributed by atoms with Gasteiger partial charge >= 0.3 is 0 Å². The van der Waals surface area contributed by atoms with Gasteiger partial charge in [-0.15, -0.1) is 0 Å². The van der Waals surface area contributed by atoms with Crippen LogP contribution in [0.2, 0.25) is 0 Å². The Hall–Kier alpha value is -2.44. The van der Waals surface area contributed by atoms with Crippen LogP contribution in [0.5, 0.6) is 23.0 Å². The van der Waals surface area contributed by atoms with Gasteiger partial charge in [-0.3, -0.25) is 0 Å². The topological polar surface area (TPSA) is 89.0 Å². The molecule has 0 aromatic heterocycles. The monoisotopic (exact) mass is 372 g/mol. The van der Waals surface area contributed by atoms with E-state index in [0.29, 0.717) is 13.2 Å². The van der Waals surface area contributed by atoms with Crippen LogP contribution in [0.4, 0.5) is 0 Å². The lowest BCUT2D eigenvalue weighted by atomic mass is 9.98. The van der Waals surface area contributed by atoms with Crippen molar-refractivity contribution in [2.75, 3.05) is 27.4 Å². The Morgan fingerprint density at radius 3 is 2.19 bits per heavy atom. The molecule has 2 heterocycles. The van der Waals surface area contributed by atoms with Gasteiger partial charge in [0.15, 0.2) is 23.0 Å². The zero-order valence-corrected chi connectivity index (χ0v) is 16.2. The highest BCUT2D eigenvalue weighted by Gasteiger charge is 2.22. The predicted octanol–water partition coefficient (Wildman–Crippen LogP) is 2.22. The molecule has 2 atom stereocenters. The number of methoxy groups -OCH3 is 2. The van der Waals surface area contributed by atoms with Crippen LogP contribution in [0.15, 0.2) is 30.3 Å². The first-order chi connectivity index (χ1) is 13.0. The zero-order valence-electron chi connectivity index (χ0n) is 16.2. The molecule has 4 N–H and O–H groups in total. The highest BCUT2D eigenvalue weighted by molar-refractivity contribution is 5.52. The average molecular weight is 372 g/mol. The maximum absolute atomic E-state index is 5.84. The number of nitrogens with two attached hydrogens (primary N) is 2. The number of rotatable bonds is 2. The van der Waals surface area contributed by atoms with Gasteiger partial charge in [0.05, 0.1) is 14.2 Å². The van der Waals surface area contributed by atoms with Gasteiger partial charge < -0.3 is 30.4 Å². The second kappa shape index (κ2) is 8.50. The third kappa shape index (κ3) is 4.28. The molecule has 27 heavy (non-hydrogen) atoms. The maximum Gasteiger partial charge on any atom is 0.164 e. The van der Waals surface area contributed by atoms with Crippen LogP contribution in [-0.4, -0.2) is 39.5 Å². The Balaban J connectivity index is 0.000000156. The smallest absolute Gasteiger partial charge is 0.164 e. The molecule has 0 amide bonds. The summed E-state index contributed by atoms with van der Waals surface area (Å²) < 4.78 is 21.5. The Labute approximate surface area is 160 Å². The van der Waals surface area contributed by atoms with E-state index in [-0.39, 0.29) is 12.1 Å². The Kier molecular flexibility index (Phi) is 6.08. The highest BCUT2D eigenvalue weighted by Crippen LogP contribution is 2.36. The molecule has 6 heteroatoms. The van der Waals surface area contributed by atoms with E-state index in [4.69, 9.17) is 30.4 Å². The summed E-state index contributed by atoms with van der Waals surface area (Å²) in [6, 6.07) is 10.1. The van der Waals surface area contributed by atoms with Gasteiger partial charge in [0.2, 0.25) is 0 Å². The molecule has 0 spiro atoms. The van der Waals surface area contributed by atoms with Gasteiger partial charge in [-0.2, -0.15) is 0 Å². The molecule has 0 fully saturated rings. The summed E-state index contributed by atoms with van der Waals surface area (Å²) in [6.45, 7) is 3.22. The predicted molar refractivity (Wildman–Crippen MR) is 105 cm³/mol. The molecule has 2 aromatic carbocycles. The maximum atomic E-state index is 5.84. The van der Waals surface area contributed by atoms with E-state index in [1.807, 2.05) is 30.3 Å². The van der Waals surface area contributed by atoms with Crippen molar-refractivity contribution in [1.82, 2.24) is 0 Å². The van der Waals surface area contributed by atoms with Crippen LogP contribution in [0, 0.1) is 6.92 Å². The van der Waals surface area contributed by atoms with Gasteiger partial charge in [-0.1, -0.05) is 18.2 Å². The molecule has 0 saturated heterocycles. The molecule has 0 aliphatic carbocycles. The minimum absolute atomic E-state index is 0.105. The van der Waals surface area contributed by atoms with Gasteiger partial charge in [-0.05, 0) is 43.0 Å². The fourth-order valence-electron chi connectivity index (χ4n) is 3.37. The van der Waals surface area contributed by atoms with Crippen molar-refractivity contribution in [3.8, 4) is 23.0 Å². The average Bonchev–Trinajstić information content (AvgIpc) is 2.68. The molecule has 0 saturated carbocycles. The first kappa shape index (κ1) is 19.3. The zero-order chi connectivity index (χ0) is 19.4. The Bertz CT molecular complexity index is 794. The summed E-state index contributed by atoms with van der Waals surface area (Å²) in [5.74, 6) is 3.32. The van der Waals surface area contributed by atoms with Crippen molar-refractivity contribution in [2.24, 2.45) is 11.5 Å². The first-order valence-electron chi connectivity index (χ1n) is 9.12. The molecule has 0 radical (unpaired) electrons. The van der Waals surface area contributed by atoms with Gasteiger partial charge in [0.25, 0.3) is 0 Å². The van der Waals surface area contributed by atoms with E-state index in [1.54, 1.807) is 14.2 Å². The van der Waals surface area contributed by atoms with Gasteiger partial charge in [0, 0.05) is 17.6 Å². The lowest BCUT2D eigenvalue weighted by Gasteiger charge is -2.25. The van der Waals surface area contributed by atoms with Gasteiger partial charge in [-0.25, -0.2) is 0 Å². The summed E-state index contributed by atoms with van der Waals surface area (Å²) in [6.07, 6.45) is 1.74. The number of ether oxygens (including phenoxy) is 4. The summed E-state index contributed by atoms with van der Waals surface area (Å²) in [5.41, 5.74) is 15.2. The fraction of sp³-hybridized carbons (Fsp3) is 0.429. The molecule has 0 bridgehead atoms. The van der Waals surface area contributed by atoms with Crippen molar-refractivity contribution >= 4 is 0 Å². The number of aryl methyl sites for hydroxylation is 1. The normalized spacial score (nSPS) is 20.0. The molecule has 2 unspecified atom stereocenters. The molecule has 4 rings (SSSR count). The quantitative estimate of drug-likeness (QED) is 0.840. The van der Waals surface area contributed by atoms with Crippen molar-refractivity contribution in [2.45, 2.75) is 31.8 Å². The van der Waals surface area contributed by atoms with Crippen LogP contribution >= 0.6 is 0 Å². The lowest BCUT2D eigenvalue weighted by molar-refractivity contribution is 0.248. The molecular weight excluding hydrogens is 344 g/mol. The van der Waals surface area contributed by atoms with Crippen LogP contribution in [0.3, 0.4) is 0 Å². The van der Waals surface area contributed by atoms with Crippen molar-refractivity contribution in [3.05, 3.63) is 47.0 Å². The van der Waals surface area contributed by atoms with E-state index in [1.165, 1.54) is 11.1 Å². The fourth-order valence-corrected chi connectivity index (χ4v) is 3.37. The minimum Gasteiger partial charge on any atom is -0.493 e. The van der Waals surface area contributed by atoms with Gasteiger partial charge in [0.1, 0.15) is 13.2 Å². The van der Waals surface area contributed by atoms with Crippen molar-refractivity contribution in [3.63, 3.8) is 0 Å². The number of para-hydroxylation sites is 1. The number of fused-ring (bicyclic) bond motifs is 2. The van der Waals surface area contributed by atoms with Crippen molar-refractivity contribution in [1.29, 1.82) is 0 Å².